The number of ether oxygens (including phenoxy) is 1. The van der Waals surface area contributed by atoms with Gasteiger partial charge in [0, 0.05) is 35.1 Å². The Labute approximate surface area is 222 Å². The van der Waals surface area contributed by atoms with E-state index in [9.17, 15) is 9.59 Å². The summed E-state index contributed by atoms with van der Waals surface area (Å²) in [6, 6.07) is 21.3. The number of thioether (sulfide) groups is 1. The van der Waals surface area contributed by atoms with Crippen LogP contribution in [0.5, 0.6) is 5.75 Å². The van der Waals surface area contributed by atoms with Crippen molar-refractivity contribution in [3.63, 3.8) is 0 Å². The molecule has 9 heteroatoms. The van der Waals surface area contributed by atoms with Gasteiger partial charge in [0.15, 0.2) is 5.13 Å². The molecule has 0 unspecified atom stereocenters. The smallest absolute Gasteiger partial charge is 0.255 e. The maximum absolute atomic E-state index is 12.7. The van der Waals surface area contributed by atoms with E-state index in [1.54, 1.807) is 19.2 Å². The summed E-state index contributed by atoms with van der Waals surface area (Å²) in [6.07, 6.45) is 2.04. The van der Waals surface area contributed by atoms with Crippen molar-refractivity contribution in [3.8, 4) is 5.75 Å². The Kier molecular flexibility index (Phi) is 7.43. The first-order chi connectivity index (χ1) is 18.0. The predicted octanol–water partition coefficient (Wildman–Crippen LogP) is 5.73. The van der Waals surface area contributed by atoms with Gasteiger partial charge in [0.05, 0.1) is 28.6 Å². The van der Waals surface area contributed by atoms with Crippen molar-refractivity contribution >= 4 is 61.2 Å². The number of carbonyl (C=O) groups is 2. The van der Waals surface area contributed by atoms with Gasteiger partial charge in [-0.3, -0.25) is 9.59 Å². The van der Waals surface area contributed by atoms with E-state index < -0.39 is 0 Å². The number of aromatic nitrogens is 2. The first-order valence-electron chi connectivity index (χ1n) is 11.8. The number of para-hydroxylation sites is 2. The largest absolute Gasteiger partial charge is 0.496 e. The zero-order valence-corrected chi connectivity index (χ0v) is 22.1. The fraction of sp³-hybridized carbons (Fsp3) is 0.179. The van der Waals surface area contributed by atoms with Crippen LogP contribution in [0.25, 0.3) is 21.1 Å². The summed E-state index contributed by atoms with van der Waals surface area (Å²) in [6.45, 7) is 3.09. The van der Waals surface area contributed by atoms with Crippen LogP contribution in [0.3, 0.4) is 0 Å². The number of aryl methyl sites for hydroxylation is 1. The number of nitrogens with one attached hydrogen (secondary N) is 2. The minimum Gasteiger partial charge on any atom is -0.496 e. The van der Waals surface area contributed by atoms with Crippen LogP contribution in [0.4, 0.5) is 5.13 Å². The Balaban J connectivity index is 1.22. The van der Waals surface area contributed by atoms with Crippen molar-refractivity contribution in [2.24, 2.45) is 0 Å². The van der Waals surface area contributed by atoms with Crippen LogP contribution >= 0.6 is 23.1 Å². The molecule has 188 valence electrons. The van der Waals surface area contributed by atoms with Crippen molar-refractivity contribution in [2.45, 2.75) is 18.4 Å². The predicted molar refractivity (Wildman–Crippen MR) is 151 cm³/mol. The quantitative estimate of drug-likeness (QED) is 0.238. The Morgan fingerprint density at radius 1 is 1.08 bits per heavy atom. The van der Waals surface area contributed by atoms with Crippen LogP contribution in [0.15, 0.2) is 77.8 Å². The molecule has 5 aromatic rings. The van der Waals surface area contributed by atoms with Crippen LogP contribution in [0, 0.1) is 6.92 Å². The van der Waals surface area contributed by atoms with Crippen molar-refractivity contribution in [2.75, 3.05) is 24.7 Å². The minimum absolute atomic E-state index is 0.0957. The molecule has 2 N–H and O–H groups in total. The second-order valence-electron chi connectivity index (χ2n) is 8.49. The lowest BCUT2D eigenvalue weighted by atomic mass is 10.2. The highest BCUT2D eigenvalue weighted by atomic mass is 32.2. The van der Waals surface area contributed by atoms with Gasteiger partial charge in [0.25, 0.3) is 5.91 Å². The highest BCUT2D eigenvalue weighted by Crippen LogP contribution is 2.31. The van der Waals surface area contributed by atoms with Crippen LogP contribution in [-0.4, -0.2) is 40.8 Å². The van der Waals surface area contributed by atoms with Gasteiger partial charge in [-0.2, -0.15) is 0 Å². The highest BCUT2D eigenvalue weighted by Gasteiger charge is 2.14. The van der Waals surface area contributed by atoms with Crippen molar-refractivity contribution in [1.29, 1.82) is 0 Å². The molecule has 0 aliphatic heterocycles. The number of anilines is 1. The SMILES string of the molecule is COc1ccccc1C(=O)NCCn1cc(SCC(=O)Nc2nc3ccc(C)cc3s2)c2ccccc21. The number of carbonyl (C=O) groups excluding carboxylic acids is 2. The summed E-state index contributed by atoms with van der Waals surface area (Å²) in [4.78, 5) is 30.8. The van der Waals surface area contributed by atoms with E-state index >= 15 is 0 Å². The number of nitrogens with zero attached hydrogens (tertiary/aromatic N) is 2. The molecule has 7 nitrogen and oxygen atoms in total. The van der Waals surface area contributed by atoms with Gasteiger partial charge in [-0.15, -0.1) is 11.8 Å². The molecule has 5 rings (SSSR count). The van der Waals surface area contributed by atoms with Crippen LogP contribution in [-0.2, 0) is 11.3 Å². The topological polar surface area (TPSA) is 85.2 Å². The Bertz CT molecular complexity index is 1590. The van der Waals surface area contributed by atoms with Crippen LogP contribution in [0.2, 0.25) is 0 Å². The maximum atomic E-state index is 12.7. The first kappa shape index (κ1) is 24.9. The van der Waals surface area contributed by atoms with Gasteiger partial charge in [0.1, 0.15) is 5.75 Å². The number of fused-ring (bicyclic) bond motifs is 2. The normalized spacial score (nSPS) is 11.1. The zero-order valence-electron chi connectivity index (χ0n) is 20.5. The monoisotopic (exact) mass is 530 g/mol. The first-order valence-corrected chi connectivity index (χ1v) is 13.6. The number of methoxy groups -OCH3 is 1. The average Bonchev–Trinajstić information content (AvgIpc) is 3.47. The molecule has 0 atom stereocenters. The summed E-state index contributed by atoms with van der Waals surface area (Å²) >= 11 is 2.97. The second kappa shape index (κ2) is 11.1. The molecule has 37 heavy (non-hydrogen) atoms. The number of hydrogen-bond acceptors (Lipinski definition) is 6. The number of thiazole rings is 1. The molecule has 2 heterocycles. The Morgan fingerprint density at radius 3 is 2.76 bits per heavy atom. The molecular formula is C28H26N4O3S2. The maximum Gasteiger partial charge on any atom is 0.255 e. The van der Waals surface area contributed by atoms with E-state index in [0.717, 1.165) is 26.0 Å². The van der Waals surface area contributed by atoms with Crippen LogP contribution < -0.4 is 15.4 Å². The molecule has 2 amide bonds. The highest BCUT2D eigenvalue weighted by molar-refractivity contribution is 8.00. The molecule has 0 fully saturated rings. The van der Waals surface area contributed by atoms with Crippen molar-refractivity contribution in [1.82, 2.24) is 14.9 Å². The van der Waals surface area contributed by atoms with Crippen molar-refractivity contribution in [3.05, 3.63) is 84.1 Å². The third kappa shape index (κ3) is 5.63. The molecule has 0 saturated heterocycles. The lowest BCUT2D eigenvalue weighted by Gasteiger charge is -2.10. The van der Waals surface area contributed by atoms with Gasteiger partial charge in [0.2, 0.25) is 5.91 Å². The van der Waals surface area contributed by atoms with Gasteiger partial charge in [-0.05, 0) is 42.8 Å². The third-order valence-corrected chi connectivity index (χ3v) is 7.87. The zero-order chi connectivity index (χ0) is 25.8. The average molecular weight is 531 g/mol. The van der Waals surface area contributed by atoms with Gasteiger partial charge >= 0.3 is 0 Å². The van der Waals surface area contributed by atoms with E-state index in [1.165, 1.54) is 28.7 Å². The fourth-order valence-corrected chi connectivity index (χ4v) is 5.98. The molecule has 0 radical (unpaired) electrons. The number of benzene rings is 3. The number of hydrogen-bond donors (Lipinski definition) is 2. The summed E-state index contributed by atoms with van der Waals surface area (Å²) in [5, 5.41) is 7.59. The lowest BCUT2D eigenvalue weighted by Crippen LogP contribution is -2.27. The summed E-state index contributed by atoms with van der Waals surface area (Å²) in [7, 11) is 1.55. The number of rotatable bonds is 9. The molecule has 3 aromatic carbocycles. The molecule has 0 spiro atoms. The Hall–Kier alpha value is -3.82. The molecule has 0 bridgehead atoms. The summed E-state index contributed by atoms with van der Waals surface area (Å²) < 4.78 is 8.46. The summed E-state index contributed by atoms with van der Waals surface area (Å²) in [5.74, 6) is 0.546. The van der Waals surface area contributed by atoms with E-state index in [4.69, 9.17) is 4.74 Å². The molecular weight excluding hydrogens is 504 g/mol. The standard InChI is InChI=1S/C28H26N4O3S2/c1-18-11-12-21-24(15-18)37-28(30-21)31-26(33)17-36-25-16-32(22-9-5-3-7-19(22)25)14-13-29-27(34)20-8-4-6-10-23(20)35-2/h3-12,15-16H,13-14,17H2,1-2H3,(H,29,34)(H,30,31,33). The van der Waals surface area contributed by atoms with Crippen LogP contribution in [0.1, 0.15) is 15.9 Å². The van der Waals surface area contributed by atoms with Gasteiger partial charge in [-0.1, -0.05) is 47.7 Å². The fourth-order valence-electron chi connectivity index (χ4n) is 4.11. The molecule has 2 aromatic heterocycles. The lowest BCUT2D eigenvalue weighted by molar-refractivity contribution is -0.113. The van der Waals surface area contributed by atoms with E-state index in [-0.39, 0.29) is 17.6 Å². The van der Waals surface area contributed by atoms with E-state index in [1.807, 2.05) is 55.6 Å². The minimum atomic E-state index is -0.176. The van der Waals surface area contributed by atoms with Crippen molar-refractivity contribution < 1.29 is 14.3 Å². The molecule has 0 saturated carbocycles. The van der Waals surface area contributed by atoms with Gasteiger partial charge < -0.3 is 19.9 Å². The van der Waals surface area contributed by atoms with E-state index in [0.29, 0.717) is 29.5 Å². The molecule has 0 aliphatic carbocycles. The third-order valence-electron chi connectivity index (χ3n) is 5.89. The van der Waals surface area contributed by atoms with E-state index in [2.05, 4.69) is 32.3 Å². The summed E-state index contributed by atoms with van der Waals surface area (Å²) in [5.41, 5.74) is 3.62. The molecule has 0 aliphatic rings. The van der Waals surface area contributed by atoms with Gasteiger partial charge in [-0.25, -0.2) is 4.98 Å². The Morgan fingerprint density at radius 2 is 1.89 bits per heavy atom. The second-order valence-corrected chi connectivity index (χ2v) is 10.5. The number of amides is 2.